The third-order valence-corrected chi connectivity index (χ3v) is 2.47. The van der Waals surface area contributed by atoms with E-state index < -0.39 is 0 Å². The summed E-state index contributed by atoms with van der Waals surface area (Å²) in [5, 5.41) is 6.69. The van der Waals surface area contributed by atoms with Gasteiger partial charge in [0.25, 0.3) is 0 Å². The van der Waals surface area contributed by atoms with Gasteiger partial charge in [0.1, 0.15) is 0 Å². The van der Waals surface area contributed by atoms with Crippen LogP contribution in [0, 0.1) is 0 Å². The lowest BCUT2D eigenvalue weighted by Crippen LogP contribution is -2.24. The van der Waals surface area contributed by atoms with Gasteiger partial charge in [0.05, 0.1) is 6.54 Å². The zero-order valence-corrected chi connectivity index (χ0v) is 8.61. The molecule has 74 valence electrons. The van der Waals surface area contributed by atoms with Crippen molar-refractivity contribution in [2.24, 2.45) is 5.10 Å². The van der Waals surface area contributed by atoms with Gasteiger partial charge in [-0.15, -0.1) is 0 Å². The molecule has 2 nitrogen and oxygen atoms in total. The summed E-state index contributed by atoms with van der Waals surface area (Å²) in [6.45, 7) is 4.14. The number of nitrogens with zero attached hydrogens (tertiary/aromatic N) is 2. The van der Waals surface area contributed by atoms with E-state index in [2.05, 4.69) is 41.3 Å². The molecule has 2 heteroatoms. The predicted molar refractivity (Wildman–Crippen MR) is 59.2 cm³/mol. The molecule has 0 unspecified atom stereocenters. The first kappa shape index (κ1) is 9.25. The Hall–Kier alpha value is -1.31. The van der Waals surface area contributed by atoms with Gasteiger partial charge >= 0.3 is 0 Å². The quantitative estimate of drug-likeness (QED) is 0.696. The van der Waals surface area contributed by atoms with Crippen LogP contribution in [0.3, 0.4) is 0 Å². The maximum absolute atomic E-state index is 4.53. The Labute approximate surface area is 85.2 Å². The molecule has 1 aromatic carbocycles. The summed E-state index contributed by atoms with van der Waals surface area (Å²) >= 11 is 0. The number of hydrogen-bond acceptors (Lipinski definition) is 2. The highest BCUT2D eigenvalue weighted by Gasteiger charge is 2.08. The van der Waals surface area contributed by atoms with E-state index in [1.165, 1.54) is 17.7 Å². The molecule has 1 aliphatic rings. The van der Waals surface area contributed by atoms with E-state index in [0.717, 1.165) is 19.5 Å². The van der Waals surface area contributed by atoms with E-state index in [0.29, 0.717) is 0 Å². The highest BCUT2D eigenvalue weighted by Crippen LogP contribution is 2.11. The first-order valence-electron chi connectivity index (χ1n) is 5.17. The summed E-state index contributed by atoms with van der Waals surface area (Å²) in [5.41, 5.74) is 2.60. The van der Waals surface area contributed by atoms with E-state index in [1.807, 2.05) is 6.07 Å². The van der Waals surface area contributed by atoms with Crippen LogP contribution in [0.5, 0.6) is 0 Å². The third kappa shape index (κ3) is 2.34. The van der Waals surface area contributed by atoms with Gasteiger partial charge in [-0.1, -0.05) is 30.3 Å². The molecule has 2 rings (SSSR count). The lowest BCUT2D eigenvalue weighted by Gasteiger charge is -2.24. The van der Waals surface area contributed by atoms with Crippen molar-refractivity contribution in [1.82, 2.24) is 5.01 Å². The molecule has 0 saturated carbocycles. The fourth-order valence-electron chi connectivity index (χ4n) is 1.77. The van der Waals surface area contributed by atoms with Crippen LogP contribution in [0.25, 0.3) is 0 Å². The minimum atomic E-state index is 0.943. The molecule has 0 amide bonds. The Morgan fingerprint density at radius 1 is 1.29 bits per heavy atom. The SMILES string of the molecule is CC1=NN(Cc2ccccc2)CCC1. The second kappa shape index (κ2) is 4.27. The first-order chi connectivity index (χ1) is 6.84. The topological polar surface area (TPSA) is 15.6 Å². The molecule has 0 atom stereocenters. The molecule has 0 fully saturated rings. The average molecular weight is 188 g/mol. The lowest BCUT2D eigenvalue weighted by molar-refractivity contribution is 0.264. The summed E-state index contributed by atoms with van der Waals surface area (Å²) in [7, 11) is 0. The van der Waals surface area contributed by atoms with Gasteiger partial charge in [0.15, 0.2) is 0 Å². The summed E-state index contributed by atoms with van der Waals surface area (Å²) in [5.74, 6) is 0. The van der Waals surface area contributed by atoms with Crippen LogP contribution in [0.2, 0.25) is 0 Å². The van der Waals surface area contributed by atoms with Gasteiger partial charge in [-0.05, 0) is 25.3 Å². The molecule has 0 aromatic heterocycles. The monoisotopic (exact) mass is 188 g/mol. The fourth-order valence-corrected chi connectivity index (χ4v) is 1.77. The lowest BCUT2D eigenvalue weighted by atomic mass is 10.2. The van der Waals surface area contributed by atoms with Crippen molar-refractivity contribution in [3.63, 3.8) is 0 Å². The summed E-state index contributed by atoms with van der Waals surface area (Å²) in [4.78, 5) is 0. The van der Waals surface area contributed by atoms with Gasteiger partial charge in [-0.2, -0.15) is 5.10 Å². The first-order valence-corrected chi connectivity index (χ1v) is 5.17. The molecule has 0 radical (unpaired) electrons. The molecule has 0 saturated heterocycles. The molecule has 1 heterocycles. The van der Waals surface area contributed by atoms with Crippen molar-refractivity contribution in [3.05, 3.63) is 35.9 Å². The van der Waals surface area contributed by atoms with Crippen LogP contribution < -0.4 is 0 Å². The molecule has 14 heavy (non-hydrogen) atoms. The standard InChI is InChI=1S/C12H16N2/c1-11-6-5-9-14(13-11)10-12-7-3-2-4-8-12/h2-4,7-8H,5-6,9-10H2,1H3. The van der Waals surface area contributed by atoms with Crippen LogP contribution in [0.15, 0.2) is 35.4 Å². The van der Waals surface area contributed by atoms with Gasteiger partial charge in [0, 0.05) is 12.3 Å². The Morgan fingerprint density at radius 2 is 2.07 bits per heavy atom. The molecular weight excluding hydrogens is 172 g/mol. The number of rotatable bonds is 2. The normalized spacial score (nSPS) is 16.6. The number of benzene rings is 1. The Bertz CT molecular complexity index is 316. The largest absolute Gasteiger partial charge is 0.293 e. The van der Waals surface area contributed by atoms with Crippen molar-refractivity contribution in [2.45, 2.75) is 26.3 Å². The van der Waals surface area contributed by atoms with Crippen LogP contribution in [0.1, 0.15) is 25.3 Å². The molecular formula is C12H16N2. The summed E-state index contributed by atoms with van der Waals surface area (Å²) in [6.07, 6.45) is 2.40. The number of hydrazone groups is 1. The molecule has 0 bridgehead atoms. The van der Waals surface area contributed by atoms with Crippen molar-refractivity contribution >= 4 is 5.71 Å². The second-order valence-electron chi connectivity index (χ2n) is 3.81. The van der Waals surface area contributed by atoms with Crippen LogP contribution >= 0.6 is 0 Å². The molecule has 0 N–H and O–H groups in total. The fraction of sp³-hybridized carbons (Fsp3) is 0.417. The summed E-state index contributed by atoms with van der Waals surface area (Å²) < 4.78 is 0. The Balaban J connectivity index is 2.01. The zero-order chi connectivity index (χ0) is 9.80. The smallest absolute Gasteiger partial charge is 0.0610 e. The van der Waals surface area contributed by atoms with Crippen molar-refractivity contribution in [2.75, 3.05) is 6.54 Å². The van der Waals surface area contributed by atoms with Gasteiger partial charge < -0.3 is 0 Å². The maximum atomic E-state index is 4.53. The van der Waals surface area contributed by atoms with Crippen molar-refractivity contribution in [3.8, 4) is 0 Å². The van der Waals surface area contributed by atoms with Crippen molar-refractivity contribution in [1.29, 1.82) is 0 Å². The van der Waals surface area contributed by atoms with Crippen LogP contribution in [-0.2, 0) is 6.54 Å². The predicted octanol–water partition coefficient (Wildman–Crippen LogP) is 2.66. The molecule has 1 aliphatic heterocycles. The average Bonchev–Trinajstić information content (AvgIpc) is 2.19. The Kier molecular flexibility index (Phi) is 2.82. The highest BCUT2D eigenvalue weighted by molar-refractivity contribution is 5.81. The maximum Gasteiger partial charge on any atom is 0.0610 e. The summed E-state index contributed by atoms with van der Waals surface area (Å²) in [6, 6.07) is 10.5. The van der Waals surface area contributed by atoms with E-state index in [9.17, 15) is 0 Å². The Morgan fingerprint density at radius 3 is 2.79 bits per heavy atom. The third-order valence-electron chi connectivity index (χ3n) is 2.47. The van der Waals surface area contributed by atoms with Gasteiger partial charge in [-0.3, -0.25) is 5.01 Å². The van der Waals surface area contributed by atoms with Gasteiger partial charge in [-0.25, -0.2) is 0 Å². The molecule has 0 spiro atoms. The minimum Gasteiger partial charge on any atom is -0.293 e. The minimum absolute atomic E-state index is 0.943. The second-order valence-corrected chi connectivity index (χ2v) is 3.81. The highest BCUT2D eigenvalue weighted by atomic mass is 15.5. The van der Waals surface area contributed by atoms with E-state index in [1.54, 1.807) is 0 Å². The van der Waals surface area contributed by atoms with Crippen LogP contribution in [0.4, 0.5) is 0 Å². The molecule has 0 aliphatic carbocycles. The van der Waals surface area contributed by atoms with E-state index in [-0.39, 0.29) is 0 Å². The van der Waals surface area contributed by atoms with E-state index in [4.69, 9.17) is 0 Å². The number of hydrogen-bond donors (Lipinski definition) is 0. The van der Waals surface area contributed by atoms with E-state index >= 15 is 0 Å². The van der Waals surface area contributed by atoms with Gasteiger partial charge in [0.2, 0.25) is 0 Å². The van der Waals surface area contributed by atoms with Crippen molar-refractivity contribution < 1.29 is 0 Å². The zero-order valence-electron chi connectivity index (χ0n) is 8.61. The van der Waals surface area contributed by atoms with Crippen LogP contribution in [-0.4, -0.2) is 17.3 Å². The molecule has 1 aromatic rings.